The molecule has 1 heterocycles. The number of ketones is 1. The van der Waals surface area contributed by atoms with E-state index in [1.807, 2.05) is 17.7 Å². The van der Waals surface area contributed by atoms with E-state index in [1.165, 1.54) is 0 Å². The van der Waals surface area contributed by atoms with Gasteiger partial charge in [-0.3, -0.25) is 9.48 Å². The Bertz CT molecular complexity index is 401. The molecule has 2 N–H and O–H groups in total. The van der Waals surface area contributed by atoms with Crippen LogP contribution in [-0.4, -0.2) is 35.3 Å². The van der Waals surface area contributed by atoms with E-state index in [9.17, 15) is 4.79 Å². The predicted molar refractivity (Wildman–Crippen MR) is 75.1 cm³/mol. The summed E-state index contributed by atoms with van der Waals surface area (Å²) in [6, 6.07) is 1.60. The van der Waals surface area contributed by atoms with Gasteiger partial charge in [-0.25, -0.2) is 0 Å². The molecule has 19 heavy (non-hydrogen) atoms. The maximum atomic E-state index is 12.1. The summed E-state index contributed by atoms with van der Waals surface area (Å²) in [5.41, 5.74) is 7.89. The molecule has 0 aromatic carbocycles. The van der Waals surface area contributed by atoms with Gasteiger partial charge in [0.25, 0.3) is 0 Å². The van der Waals surface area contributed by atoms with Gasteiger partial charge in [-0.15, -0.1) is 0 Å². The first-order valence-corrected chi connectivity index (χ1v) is 6.95. The molecule has 1 atom stereocenters. The Labute approximate surface area is 115 Å². The van der Waals surface area contributed by atoms with E-state index in [-0.39, 0.29) is 5.78 Å². The van der Waals surface area contributed by atoms with Crippen molar-refractivity contribution in [3.8, 4) is 0 Å². The second-order valence-corrected chi connectivity index (χ2v) is 4.68. The first-order chi connectivity index (χ1) is 9.12. The Kier molecular flexibility index (Phi) is 6.73. The summed E-state index contributed by atoms with van der Waals surface area (Å²) >= 11 is 0. The summed E-state index contributed by atoms with van der Waals surface area (Å²) < 4.78 is 6.85. The van der Waals surface area contributed by atoms with Crippen molar-refractivity contribution < 1.29 is 9.53 Å². The highest BCUT2D eigenvalue weighted by molar-refractivity contribution is 5.85. The van der Waals surface area contributed by atoms with Crippen molar-refractivity contribution in [1.29, 1.82) is 0 Å². The zero-order valence-electron chi connectivity index (χ0n) is 12.2. The fourth-order valence-corrected chi connectivity index (χ4v) is 2.02. The van der Waals surface area contributed by atoms with Gasteiger partial charge in [0, 0.05) is 26.0 Å². The molecule has 0 fully saturated rings. The third kappa shape index (κ3) is 4.76. The van der Waals surface area contributed by atoms with E-state index in [0.717, 1.165) is 30.8 Å². The van der Waals surface area contributed by atoms with E-state index >= 15 is 0 Å². The van der Waals surface area contributed by atoms with Crippen LogP contribution in [0.25, 0.3) is 0 Å². The number of carbonyl (C=O) groups is 1. The number of aromatic nitrogens is 2. The first-order valence-electron chi connectivity index (χ1n) is 6.95. The minimum Gasteiger partial charge on any atom is -0.385 e. The van der Waals surface area contributed by atoms with Gasteiger partial charge in [-0.05, 0) is 32.3 Å². The molecule has 5 heteroatoms. The molecule has 0 aliphatic carbocycles. The summed E-state index contributed by atoms with van der Waals surface area (Å²) in [5.74, 6) is 0.0772. The van der Waals surface area contributed by atoms with Gasteiger partial charge in [0.2, 0.25) is 0 Å². The van der Waals surface area contributed by atoms with Crippen LogP contribution in [0.2, 0.25) is 0 Å². The van der Waals surface area contributed by atoms with Crippen molar-refractivity contribution in [2.45, 2.75) is 52.1 Å². The third-order valence-corrected chi connectivity index (χ3v) is 3.21. The lowest BCUT2D eigenvalue weighted by atomic mass is 10.0. The summed E-state index contributed by atoms with van der Waals surface area (Å²) in [4.78, 5) is 12.1. The molecular weight excluding hydrogens is 242 g/mol. The molecule has 0 aliphatic rings. The molecule has 0 saturated heterocycles. The Morgan fingerprint density at radius 3 is 2.84 bits per heavy atom. The number of aryl methyl sites for hydroxylation is 2. The molecule has 0 amide bonds. The Morgan fingerprint density at radius 2 is 2.26 bits per heavy atom. The third-order valence-electron chi connectivity index (χ3n) is 3.21. The molecule has 1 aromatic rings. The Balaban J connectivity index is 2.57. The van der Waals surface area contributed by atoms with Crippen molar-refractivity contribution >= 4 is 5.78 Å². The van der Waals surface area contributed by atoms with Crippen LogP contribution in [0.5, 0.6) is 0 Å². The molecule has 5 nitrogen and oxygen atoms in total. The highest BCUT2D eigenvalue weighted by Crippen LogP contribution is 2.09. The van der Waals surface area contributed by atoms with Crippen molar-refractivity contribution in [3.63, 3.8) is 0 Å². The van der Waals surface area contributed by atoms with Gasteiger partial charge < -0.3 is 10.5 Å². The fourth-order valence-electron chi connectivity index (χ4n) is 2.02. The lowest BCUT2D eigenvalue weighted by molar-refractivity contribution is -0.119. The summed E-state index contributed by atoms with van der Waals surface area (Å²) in [6.45, 7) is 5.51. The molecule has 1 unspecified atom stereocenters. The van der Waals surface area contributed by atoms with E-state index < -0.39 is 6.04 Å². The van der Waals surface area contributed by atoms with Crippen molar-refractivity contribution in [2.24, 2.45) is 5.73 Å². The Hall–Kier alpha value is -1.20. The summed E-state index contributed by atoms with van der Waals surface area (Å²) in [5, 5.41) is 4.44. The van der Waals surface area contributed by atoms with Gasteiger partial charge in [0.1, 0.15) is 0 Å². The first kappa shape index (κ1) is 15.9. The molecule has 0 aliphatic heterocycles. The highest BCUT2D eigenvalue weighted by Gasteiger charge is 2.16. The van der Waals surface area contributed by atoms with Crippen molar-refractivity contribution in [2.75, 3.05) is 13.7 Å². The molecule has 0 spiro atoms. The maximum Gasteiger partial charge on any atom is 0.155 e. The second kappa shape index (κ2) is 8.07. The largest absolute Gasteiger partial charge is 0.385 e. The number of rotatable bonds is 9. The lowest BCUT2D eigenvalue weighted by Gasteiger charge is -2.10. The number of methoxy groups -OCH3 is 1. The number of hydrogen-bond acceptors (Lipinski definition) is 4. The van der Waals surface area contributed by atoms with Crippen molar-refractivity contribution in [3.05, 3.63) is 17.5 Å². The monoisotopic (exact) mass is 267 g/mol. The maximum absolute atomic E-state index is 12.1. The topological polar surface area (TPSA) is 70.1 Å². The quantitative estimate of drug-likeness (QED) is 0.685. The zero-order chi connectivity index (χ0) is 14.3. The molecule has 1 rings (SSSR count). The lowest BCUT2D eigenvalue weighted by Crippen LogP contribution is -2.32. The van der Waals surface area contributed by atoms with Crippen molar-refractivity contribution in [1.82, 2.24) is 9.78 Å². The summed E-state index contributed by atoms with van der Waals surface area (Å²) in [6.07, 6.45) is 2.74. The second-order valence-electron chi connectivity index (χ2n) is 4.68. The SMILES string of the molecule is CCc1cc(CC(=O)C(N)CCCOC)n(CC)n1. The number of ether oxygens (including phenoxy) is 1. The van der Waals surface area contributed by atoms with Crippen LogP contribution in [0, 0.1) is 0 Å². The smallest absolute Gasteiger partial charge is 0.155 e. The van der Waals surface area contributed by atoms with Gasteiger partial charge >= 0.3 is 0 Å². The van der Waals surface area contributed by atoms with Crippen LogP contribution in [-0.2, 0) is 28.9 Å². The normalized spacial score (nSPS) is 12.6. The molecule has 0 saturated carbocycles. The van der Waals surface area contributed by atoms with Crippen LogP contribution >= 0.6 is 0 Å². The minimum atomic E-state index is -0.402. The van der Waals surface area contributed by atoms with Gasteiger partial charge in [-0.1, -0.05) is 6.92 Å². The minimum absolute atomic E-state index is 0.0772. The standard InChI is InChI=1S/C14H25N3O2/c1-4-11-9-12(17(5-2)16-11)10-14(18)13(15)7-6-8-19-3/h9,13H,4-8,10,15H2,1-3H3. The Morgan fingerprint density at radius 1 is 1.53 bits per heavy atom. The van der Waals surface area contributed by atoms with Gasteiger partial charge in [-0.2, -0.15) is 5.10 Å². The molecular formula is C14H25N3O2. The molecule has 108 valence electrons. The molecule has 0 radical (unpaired) electrons. The number of carbonyl (C=O) groups excluding carboxylic acids is 1. The van der Waals surface area contributed by atoms with Crippen LogP contribution < -0.4 is 5.73 Å². The average Bonchev–Trinajstić information content (AvgIpc) is 2.81. The number of nitrogens with zero attached hydrogens (tertiary/aromatic N) is 2. The molecule has 1 aromatic heterocycles. The number of Topliss-reactive ketones (excluding diaryl/α,β-unsaturated/α-hetero) is 1. The molecule has 0 bridgehead atoms. The number of nitrogens with two attached hydrogens (primary N) is 1. The highest BCUT2D eigenvalue weighted by atomic mass is 16.5. The van der Waals surface area contributed by atoms with Crippen LogP contribution in [0.3, 0.4) is 0 Å². The van der Waals surface area contributed by atoms with E-state index in [4.69, 9.17) is 10.5 Å². The fraction of sp³-hybridized carbons (Fsp3) is 0.714. The summed E-state index contributed by atoms with van der Waals surface area (Å²) in [7, 11) is 1.65. The van der Waals surface area contributed by atoms with E-state index in [2.05, 4.69) is 12.0 Å². The number of hydrogen-bond donors (Lipinski definition) is 1. The van der Waals surface area contributed by atoms with Gasteiger partial charge in [0.15, 0.2) is 5.78 Å². The average molecular weight is 267 g/mol. The predicted octanol–water partition coefficient (Wildman–Crippen LogP) is 1.33. The van der Waals surface area contributed by atoms with Crippen LogP contribution in [0.1, 0.15) is 38.1 Å². The van der Waals surface area contributed by atoms with Crippen LogP contribution in [0.15, 0.2) is 6.07 Å². The van der Waals surface area contributed by atoms with E-state index in [0.29, 0.717) is 19.4 Å². The zero-order valence-corrected chi connectivity index (χ0v) is 12.2. The van der Waals surface area contributed by atoms with Crippen LogP contribution in [0.4, 0.5) is 0 Å². The van der Waals surface area contributed by atoms with E-state index in [1.54, 1.807) is 7.11 Å². The van der Waals surface area contributed by atoms with Gasteiger partial charge in [0.05, 0.1) is 18.2 Å².